The highest BCUT2D eigenvalue weighted by molar-refractivity contribution is 5.34. The van der Waals surface area contributed by atoms with E-state index in [4.69, 9.17) is 15.5 Å². The van der Waals surface area contributed by atoms with E-state index in [1.54, 1.807) is 7.11 Å². The molecule has 0 saturated carbocycles. The number of hydrogen-bond acceptors (Lipinski definition) is 4. The predicted molar refractivity (Wildman–Crippen MR) is 72.9 cm³/mol. The maximum absolute atomic E-state index is 6.05. The number of aromatic nitrogens is 2. The summed E-state index contributed by atoms with van der Waals surface area (Å²) >= 11 is 0. The summed E-state index contributed by atoms with van der Waals surface area (Å²) in [6, 6.07) is 0.274. The topological polar surface area (TPSA) is 56.3 Å². The summed E-state index contributed by atoms with van der Waals surface area (Å²) in [4.78, 5) is 7.03. The molecule has 1 aliphatic heterocycles. The molecule has 2 N–H and O–H groups in total. The maximum atomic E-state index is 6.05. The van der Waals surface area contributed by atoms with Gasteiger partial charge in [-0.2, -0.15) is 0 Å². The Kier molecular flexibility index (Phi) is 4.60. The van der Waals surface area contributed by atoms with E-state index in [2.05, 4.69) is 22.6 Å². The number of hydrogen-bond donors (Lipinski definition) is 1. The molecule has 1 aliphatic rings. The second-order valence-corrected chi connectivity index (χ2v) is 4.92. The van der Waals surface area contributed by atoms with Crippen LogP contribution in [0.25, 0.3) is 0 Å². The van der Waals surface area contributed by atoms with Crippen LogP contribution in [0, 0.1) is 0 Å². The van der Waals surface area contributed by atoms with Gasteiger partial charge in [-0.25, -0.2) is 4.98 Å². The lowest BCUT2D eigenvalue weighted by molar-refractivity contribution is 0.187. The largest absolute Gasteiger partial charge is 0.383 e. The molecule has 1 unspecified atom stereocenters. The molecule has 0 aromatic carbocycles. The number of aryl methyl sites for hydroxylation is 1. The van der Waals surface area contributed by atoms with Crippen molar-refractivity contribution in [2.24, 2.45) is 5.73 Å². The first kappa shape index (κ1) is 13.4. The Morgan fingerprint density at radius 1 is 1.56 bits per heavy atom. The molecule has 5 nitrogen and oxygen atoms in total. The highest BCUT2D eigenvalue weighted by atomic mass is 16.5. The first-order valence-corrected chi connectivity index (χ1v) is 6.80. The average molecular weight is 252 g/mol. The molecule has 0 radical (unpaired) electrons. The summed E-state index contributed by atoms with van der Waals surface area (Å²) in [5.41, 5.74) is 7.19. The van der Waals surface area contributed by atoms with Gasteiger partial charge in [0.05, 0.1) is 12.3 Å². The Morgan fingerprint density at radius 3 is 3.06 bits per heavy atom. The first-order valence-electron chi connectivity index (χ1n) is 6.80. The zero-order chi connectivity index (χ0) is 13.0. The van der Waals surface area contributed by atoms with Crippen LogP contribution >= 0.6 is 0 Å². The fraction of sp³-hybridized carbons (Fsp3) is 0.769. The van der Waals surface area contributed by atoms with Gasteiger partial charge in [0, 0.05) is 39.0 Å². The van der Waals surface area contributed by atoms with Crippen LogP contribution in [0.15, 0.2) is 6.20 Å². The van der Waals surface area contributed by atoms with Crippen LogP contribution in [0.3, 0.4) is 0 Å². The molecule has 0 aliphatic carbocycles. The summed E-state index contributed by atoms with van der Waals surface area (Å²) < 4.78 is 7.36. The molecule has 1 aromatic heterocycles. The molecular weight excluding hydrogens is 228 g/mol. The van der Waals surface area contributed by atoms with Crippen LogP contribution in [0.4, 0.5) is 5.95 Å². The zero-order valence-electron chi connectivity index (χ0n) is 11.4. The normalized spacial score (nSPS) is 20.4. The Hall–Kier alpha value is -1.07. The van der Waals surface area contributed by atoms with Crippen LogP contribution in [-0.4, -0.2) is 42.4 Å². The van der Waals surface area contributed by atoms with Crippen molar-refractivity contribution in [3.8, 4) is 0 Å². The van der Waals surface area contributed by atoms with Crippen molar-refractivity contribution < 1.29 is 4.74 Å². The molecule has 0 spiro atoms. The Morgan fingerprint density at radius 2 is 2.39 bits per heavy atom. The molecule has 0 amide bonds. The summed E-state index contributed by atoms with van der Waals surface area (Å²) in [5, 5.41) is 0. The first-order chi connectivity index (χ1) is 8.74. The average Bonchev–Trinajstić information content (AvgIpc) is 2.79. The van der Waals surface area contributed by atoms with Crippen molar-refractivity contribution >= 4 is 5.95 Å². The Balaban J connectivity index is 2.15. The second-order valence-electron chi connectivity index (χ2n) is 4.92. The molecule has 1 fully saturated rings. The molecule has 2 heterocycles. The Bertz CT molecular complexity index is 377. The van der Waals surface area contributed by atoms with Crippen molar-refractivity contribution in [3.05, 3.63) is 11.9 Å². The summed E-state index contributed by atoms with van der Waals surface area (Å²) in [5.74, 6) is 1.05. The lowest BCUT2D eigenvalue weighted by Crippen LogP contribution is -2.44. The number of nitrogens with two attached hydrogens (primary N) is 1. The summed E-state index contributed by atoms with van der Waals surface area (Å²) in [6.45, 7) is 5.67. The maximum Gasteiger partial charge on any atom is 0.205 e. The monoisotopic (exact) mass is 252 g/mol. The molecule has 102 valence electrons. The second kappa shape index (κ2) is 6.20. The molecule has 18 heavy (non-hydrogen) atoms. The van der Waals surface area contributed by atoms with Gasteiger partial charge < -0.3 is 19.9 Å². The quantitative estimate of drug-likeness (QED) is 0.850. The number of imidazole rings is 1. The van der Waals surface area contributed by atoms with Crippen LogP contribution in [0.2, 0.25) is 0 Å². The van der Waals surface area contributed by atoms with Crippen molar-refractivity contribution in [2.75, 3.05) is 31.7 Å². The minimum atomic E-state index is 0.274. The van der Waals surface area contributed by atoms with Crippen LogP contribution in [0.1, 0.15) is 25.5 Å². The fourth-order valence-electron chi connectivity index (χ4n) is 2.43. The Labute approximate surface area is 109 Å². The van der Waals surface area contributed by atoms with Crippen LogP contribution < -0.4 is 10.6 Å². The minimum Gasteiger partial charge on any atom is -0.383 e. The van der Waals surface area contributed by atoms with Gasteiger partial charge in [-0.05, 0) is 19.3 Å². The van der Waals surface area contributed by atoms with Gasteiger partial charge in [0.15, 0.2) is 0 Å². The molecular formula is C13H24N4O. The van der Waals surface area contributed by atoms with Crippen molar-refractivity contribution in [2.45, 2.75) is 38.8 Å². The number of anilines is 1. The standard InChI is InChI=1S/C13H24N4O/c1-3-12-10-17(7-8-18-2)13(15-12)16-6-4-5-11(14)9-16/h10-11H,3-9,14H2,1-2H3. The van der Waals surface area contributed by atoms with E-state index in [0.717, 1.165) is 50.5 Å². The van der Waals surface area contributed by atoms with Gasteiger partial charge >= 0.3 is 0 Å². The summed E-state index contributed by atoms with van der Waals surface area (Å²) in [7, 11) is 1.73. The summed E-state index contributed by atoms with van der Waals surface area (Å²) in [6.07, 6.45) is 5.37. The molecule has 1 aromatic rings. The van der Waals surface area contributed by atoms with E-state index in [1.165, 1.54) is 0 Å². The SMILES string of the molecule is CCc1cn(CCOC)c(N2CCCC(N)C2)n1. The van der Waals surface area contributed by atoms with Gasteiger partial charge in [0.1, 0.15) is 0 Å². The van der Waals surface area contributed by atoms with E-state index in [1.807, 2.05) is 0 Å². The fourth-order valence-corrected chi connectivity index (χ4v) is 2.43. The molecule has 5 heteroatoms. The number of rotatable bonds is 5. The predicted octanol–water partition coefficient (Wildman–Crippen LogP) is 1.02. The van der Waals surface area contributed by atoms with Crippen molar-refractivity contribution in [3.63, 3.8) is 0 Å². The van der Waals surface area contributed by atoms with Gasteiger partial charge in [0.25, 0.3) is 0 Å². The molecule has 2 rings (SSSR count). The van der Waals surface area contributed by atoms with Gasteiger partial charge in [-0.3, -0.25) is 0 Å². The molecule has 0 bridgehead atoms. The minimum absolute atomic E-state index is 0.274. The van der Waals surface area contributed by atoms with Crippen molar-refractivity contribution in [1.82, 2.24) is 9.55 Å². The number of piperidine rings is 1. The highest BCUT2D eigenvalue weighted by Crippen LogP contribution is 2.19. The van der Waals surface area contributed by atoms with E-state index in [-0.39, 0.29) is 6.04 Å². The van der Waals surface area contributed by atoms with Gasteiger partial charge in [0.2, 0.25) is 5.95 Å². The van der Waals surface area contributed by atoms with E-state index < -0.39 is 0 Å². The third kappa shape index (κ3) is 3.03. The highest BCUT2D eigenvalue weighted by Gasteiger charge is 2.21. The molecule has 1 atom stereocenters. The van der Waals surface area contributed by atoms with Gasteiger partial charge in [-0.15, -0.1) is 0 Å². The number of methoxy groups -OCH3 is 1. The number of ether oxygens (including phenoxy) is 1. The third-order valence-electron chi connectivity index (χ3n) is 3.44. The van der Waals surface area contributed by atoms with E-state index in [0.29, 0.717) is 6.61 Å². The molecule has 1 saturated heterocycles. The lowest BCUT2D eigenvalue weighted by atomic mass is 10.1. The van der Waals surface area contributed by atoms with Crippen molar-refractivity contribution in [1.29, 1.82) is 0 Å². The van der Waals surface area contributed by atoms with E-state index in [9.17, 15) is 0 Å². The van der Waals surface area contributed by atoms with Crippen LogP contribution in [-0.2, 0) is 17.7 Å². The zero-order valence-corrected chi connectivity index (χ0v) is 11.4. The number of nitrogens with zero attached hydrogens (tertiary/aromatic N) is 3. The van der Waals surface area contributed by atoms with Crippen LogP contribution in [0.5, 0.6) is 0 Å². The van der Waals surface area contributed by atoms with E-state index >= 15 is 0 Å². The van der Waals surface area contributed by atoms with Gasteiger partial charge in [-0.1, -0.05) is 6.92 Å². The lowest BCUT2D eigenvalue weighted by Gasteiger charge is -2.31. The third-order valence-corrected chi connectivity index (χ3v) is 3.44. The smallest absolute Gasteiger partial charge is 0.205 e.